The van der Waals surface area contributed by atoms with Gasteiger partial charge in [-0.25, -0.2) is 15.0 Å². The highest BCUT2D eigenvalue weighted by Gasteiger charge is 2.38. The van der Waals surface area contributed by atoms with Gasteiger partial charge in [-0.3, -0.25) is 0 Å². The summed E-state index contributed by atoms with van der Waals surface area (Å²) in [5, 5.41) is 7.53. The van der Waals surface area contributed by atoms with Gasteiger partial charge in [-0.15, -0.1) is 11.3 Å². The van der Waals surface area contributed by atoms with Crippen LogP contribution in [-0.4, -0.2) is 19.5 Å². The number of thiophene rings is 1. The van der Waals surface area contributed by atoms with Crippen molar-refractivity contribution >= 4 is 64.1 Å². The summed E-state index contributed by atoms with van der Waals surface area (Å²) in [5.74, 6) is 1.97. The number of benzene rings is 7. The lowest BCUT2D eigenvalue weighted by Crippen LogP contribution is -2.33. The molecule has 0 bridgehead atoms. The van der Waals surface area contributed by atoms with E-state index < -0.39 is 0 Å². The molecular formula is C51H40N4S. The van der Waals surface area contributed by atoms with Gasteiger partial charge in [-0.05, 0) is 88.7 Å². The lowest BCUT2D eigenvalue weighted by molar-refractivity contribution is 0.332. The second kappa shape index (κ2) is 12.2. The van der Waals surface area contributed by atoms with E-state index in [9.17, 15) is 0 Å². The zero-order valence-electron chi connectivity index (χ0n) is 32.0. The van der Waals surface area contributed by atoms with E-state index in [1.54, 1.807) is 0 Å². The average Bonchev–Trinajstić information content (AvgIpc) is 3.78. The molecule has 0 saturated heterocycles. The van der Waals surface area contributed by atoms with Gasteiger partial charge in [0.15, 0.2) is 17.5 Å². The van der Waals surface area contributed by atoms with E-state index in [0.29, 0.717) is 17.5 Å². The van der Waals surface area contributed by atoms with E-state index in [1.165, 1.54) is 70.3 Å². The number of nitrogens with zero attached hydrogens (tertiary/aromatic N) is 4. The van der Waals surface area contributed by atoms with Crippen LogP contribution in [0.5, 0.6) is 0 Å². The fourth-order valence-corrected chi connectivity index (χ4v) is 10.2. The maximum Gasteiger partial charge on any atom is 0.164 e. The van der Waals surface area contributed by atoms with Crippen molar-refractivity contribution in [1.82, 2.24) is 19.5 Å². The predicted molar refractivity (Wildman–Crippen MR) is 236 cm³/mol. The van der Waals surface area contributed by atoms with E-state index in [4.69, 9.17) is 15.0 Å². The number of hydrogen-bond acceptors (Lipinski definition) is 4. The van der Waals surface area contributed by atoms with Crippen molar-refractivity contribution in [3.8, 4) is 39.9 Å². The van der Waals surface area contributed by atoms with Crippen LogP contribution in [0.4, 0.5) is 0 Å². The zero-order chi connectivity index (χ0) is 37.8. The number of aromatic nitrogens is 4. The first-order valence-corrected chi connectivity index (χ1v) is 20.4. The molecule has 0 aliphatic heterocycles. The molecule has 1 aliphatic carbocycles. The summed E-state index contributed by atoms with van der Waals surface area (Å²) in [4.78, 5) is 15.5. The molecule has 1 aliphatic rings. The summed E-state index contributed by atoms with van der Waals surface area (Å²) in [7, 11) is 0. The quantitative estimate of drug-likeness (QED) is 0.180. The molecule has 0 spiro atoms. The highest BCUT2D eigenvalue weighted by atomic mass is 32.1. The van der Waals surface area contributed by atoms with Crippen LogP contribution in [0.25, 0.3) is 92.6 Å². The molecule has 270 valence electrons. The molecule has 0 fully saturated rings. The molecule has 11 rings (SSSR count). The van der Waals surface area contributed by atoms with E-state index in [0.717, 1.165) is 28.8 Å². The summed E-state index contributed by atoms with van der Waals surface area (Å²) in [6, 6.07) is 52.6. The number of hydrogen-bond donors (Lipinski definition) is 0. The molecule has 0 amide bonds. The van der Waals surface area contributed by atoms with Gasteiger partial charge in [-0.1, -0.05) is 125 Å². The normalized spacial score (nSPS) is 14.9. The van der Waals surface area contributed by atoms with Crippen LogP contribution in [0.15, 0.2) is 146 Å². The van der Waals surface area contributed by atoms with Crippen molar-refractivity contribution in [3.05, 3.63) is 157 Å². The minimum absolute atomic E-state index is 0.0810. The fraction of sp³-hybridized carbons (Fsp3) is 0.157. The van der Waals surface area contributed by atoms with E-state index in [-0.39, 0.29) is 10.8 Å². The topological polar surface area (TPSA) is 43.6 Å². The van der Waals surface area contributed by atoms with Crippen molar-refractivity contribution in [2.45, 2.75) is 51.4 Å². The molecule has 0 saturated carbocycles. The zero-order valence-corrected chi connectivity index (χ0v) is 32.8. The van der Waals surface area contributed by atoms with Gasteiger partial charge in [-0.2, -0.15) is 0 Å². The lowest BCUT2D eigenvalue weighted by atomic mass is 9.63. The Hall–Kier alpha value is -6.17. The summed E-state index contributed by atoms with van der Waals surface area (Å²) in [6.07, 6.45) is 2.34. The molecule has 7 aromatic carbocycles. The van der Waals surface area contributed by atoms with Crippen molar-refractivity contribution in [3.63, 3.8) is 0 Å². The first-order chi connectivity index (χ1) is 27.2. The van der Waals surface area contributed by atoms with Crippen molar-refractivity contribution in [2.75, 3.05) is 0 Å². The Kier molecular flexibility index (Phi) is 7.21. The molecule has 56 heavy (non-hydrogen) atoms. The third kappa shape index (κ3) is 5.14. The van der Waals surface area contributed by atoms with Gasteiger partial charge in [0.25, 0.3) is 0 Å². The van der Waals surface area contributed by atoms with Gasteiger partial charge in [0.05, 0.1) is 11.0 Å². The molecule has 0 unspecified atom stereocenters. The third-order valence-corrected chi connectivity index (χ3v) is 13.4. The van der Waals surface area contributed by atoms with Crippen molar-refractivity contribution in [1.29, 1.82) is 0 Å². The predicted octanol–water partition coefficient (Wildman–Crippen LogP) is 13.8. The average molecular weight is 741 g/mol. The molecule has 3 aromatic heterocycles. The van der Waals surface area contributed by atoms with E-state index in [2.05, 4.69) is 160 Å². The van der Waals surface area contributed by atoms with Gasteiger partial charge in [0.1, 0.15) is 0 Å². The highest BCUT2D eigenvalue weighted by Crippen LogP contribution is 2.49. The van der Waals surface area contributed by atoms with Crippen LogP contribution in [-0.2, 0) is 10.8 Å². The van der Waals surface area contributed by atoms with Crippen molar-refractivity contribution in [2.24, 2.45) is 0 Å². The fourth-order valence-electron chi connectivity index (χ4n) is 9.10. The third-order valence-electron chi connectivity index (χ3n) is 12.3. The Morgan fingerprint density at radius 1 is 0.464 bits per heavy atom. The molecule has 5 heteroatoms. The molecule has 0 atom stereocenters. The van der Waals surface area contributed by atoms with E-state index in [1.807, 2.05) is 29.5 Å². The Morgan fingerprint density at radius 2 is 1.09 bits per heavy atom. The first kappa shape index (κ1) is 33.2. The van der Waals surface area contributed by atoms with Crippen LogP contribution in [0, 0.1) is 0 Å². The summed E-state index contributed by atoms with van der Waals surface area (Å²) in [6.45, 7) is 9.66. The molecule has 4 nitrogen and oxygen atoms in total. The summed E-state index contributed by atoms with van der Waals surface area (Å²) >= 11 is 1.82. The second-order valence-corrected chi connectivity index (χ2v) is 17.8. The smallest absolute Gasteiger partial charge is 0.164 e. The van der Waals surface area contributed by atoms with Crippen LogP contribution in [0.1, 0.15) is 51.7 Å². The van der Waals surface area contributed by atoms with Crippen LogP contribution in [0.3, 0.4) is 0 Å². The molecule has 10 aromatic rings. The standard InChI is InChI=1S/C51H40N4S/c1-50(2)25-26-51(3,4)42-30-43-39(29-41(42)50)38-23-21-31-13-8-9-18-36(31)46(38)55(43)35-17-12-16-33(27-35)48-52-47(32-14-6-5-7-15-32)53-49(54-48)34-22-24-45-40(28-34)37-19-10-11-20-44(37)56-45/h5-24,27-30H,25-26H2,1-4H3. The molecule has 0 N–H and O–H groups in total. The van der Waals surface area contributed by atoms with Gasteiger partial charge in [0.2, 0.25) is 0 Å². The number of rotatable bonds is 4. The van der Waals surface area contributed by atoms with Gasteiger partial charge >= 0.3 is 0 Å². The van der Waals surface area contributed by atoms with Crippen LogP contribution < -0.4 is 0 Å². The Bertz CT molecular complexity index is 3200. The van der Waals surface area contributed by atoms with Crippen molar-refractivity contribution < 1.29 is 0 Å². The Morgan fingerprint density at radius 3 is 1.88 bits per heavy atom. The minimum atomic E-state index is 0.0810. The Labute approximate surface area is 330 Å². The van der Waals surface area contributed by atoms with Crippen LogP contribution in [0.2, 0.25) is 0 Å². The molecule has 3 heterocycles. The van der Waals surface area contributed by atoms with E-state index >= 15 is 0 Å². The lowest BCUT2D eigenvalue weighted by Gasteiger charge is -2.42. The Balaban J connectivity index is 1.15. The summed E-state index contributed by atoms with van der Waals surface area (Å²) in [5.41, 5.74) is 9.54. The SMILES string of the molecule is CC1(C)CCC(C)(C)c2cc3c(cc21)c1ccc2ccccc2c1n3-c1cccc(-c2nc(-c3ccccc3)nc(-c3ccc4sc5ccccc5c4c3)n2)c1. The maximum absolute atomic E-state index is 5.23. The summed E-state index contributed by atoms with van der Waals surface area (Å²) < 4.78 is 5.03. The second-order valence-electron chi connectivity index (χ2n) is 16.7. The van der Waals surface area contributed by atoms with Gasteiger partial charge in [0, 0.05) is 58.7 Å². The molecule has 0 radical (unpaired) electrons. The number of fused-ring (bicyclic) bond motifs is 9. The van der Waals surface area contributed by atoms with Crippen LogP contribution >= 0.6 is 11.3 Å². The maximum atomic E-state index is 5.23. The highest BCUT2D eigenvalue weighted by molar-refractivity contribution is 7.25. The minimum Gasteiger partial charge on any atom is -0.309 e. The van der Waals surface area contributed by atoms with Gasteiger partial charge < -0.3 is 4.57 Å². The molecular weight excluding hydrogens is 701 g/mol. The first-order valence-electron chi connectivity index (χ1n) is 19.6. The largest absolute Gasteiger partial charge is 0.309 e. The monoisotopic (exact) mass is 740 g/mol.